The number of fused-ring (bicyclic) bond motifs is 3. The quantitative estimate of drug-likeness (QED) is 0.231. The molecule has 2 atom stereocenters. The molecule has 43 heavy (non-hydrogen) atoms. The molecule has 1 saturated heterocycles. The first-order valence-corrected chi connectivity index (χ1v) is 14.9. The summed E-state index contributed by atoms with van der Waals surface area (Å²) >= 11 is 2.95. The van der Waals surface area contributed by atoms with Crippen molar-refractivity contribution < 1.29 is 32.6 Å². The van der Waals surface area contributed by atoms with Gasteiger partial charge in [-0.25, -0.2) is 4.98 Å². The topological polar surface area (TPSA) is 136 Å². The fraction of sp³-hybridized carbons (Fsp3) is 0.241. The second-order valence-corrected chi connectivity index (χ2v) is 12.1. The molecule has 6 rings (SSSR count). The van der Waals surface area contributed by atoms with Crippen LogP contribution in [0.5, 0.6) is 11.5 Å². The Kier molecular flexibility index (Phi) is 8.15. The standard InChI is InChI=1S/C29H25F2N5O5S2/c30-29(31)40-16-10-19(28(39)34-12-17-11-18-22(42-17)7-8-33-26(18)32)36(14-16)25(37)13-35-27(38)15-5-6-24-21(9-15)41-20-3-1-2-4-23(20)43-24/h1-9,11,16,19,29H,10,12-14H2,(H2,32,33)(H,34,39)(H,35,38)/t16-,19?/m1/s1. The van der Waals surface area contributed by atoms with E-state index >= 15 is 0 Å². The number of nitrogens with zero attached hydrogens (tertiary/aromatic N) is 2. The van der Waals surface area contributed by atoms with Crippen molar-refractivity contribution in [3.05, 3.63) is 71.2 Å². The number of carbonyl (C=O) groups excluding carboxylic acids is 3. The summed E-state index contributed by atoms with van der Waals surface area (Å²) in [5.74, 6) is -0.0760. The molecule has 2 aliphatic rings. The van der Waals surface area contributed by atoms with Crippen LogP contribution in [0.15, 0.2) is 70.6 Å². The van der Waals surface area contributed by atoms with Gasteiger partial charge in [0.05, 0.1) is 29.0 Å². The highest BCUT2D eigenvalue weighted by atomic mass is 32.2. The first-order valence-electron chi connectivity index (χ1n) is 13.3. The number of likely N-dealkylation sites (tertiary alicyclic amines) is 1. The molecule has 1 fully saturated rings. The van der Waals surface area contributed by atoms with E-state index in [1.807, 2.05) is 36.4 Å². The van der Waals surface area contributed by atoms with Gasteiger partial charge in [0.25, 0.3) is 5.91 Å². The first kappa shape index (κ1) is 28.8. The molecular formula is C29H25F2N5O5S2. The van der Waals surface area contributed by atoms with Gasteiger partial charge in [-0.05, 0) is 42.5 Å². The Morgan fingerprint density at radius 2 is 1.91 bits per heavy atom. The largest absolute Gasteiger partial charge is 0.455 e. The summed E-state index contributed by atoms with van der Waals surface area (Å²) in [5, 5.41) is 6.11. The molecule has 222 valence electrons. The third-order valence-corrected chi connectivity index (χ3v) is 9.25. The molecule has 0 saturated carbocycles. The Balaban J connectivity index is 1.09. The molecule has 0 bridgehead atoms. The molecule has 0 radical (unpaired) electrons. The van der Waals surface area contributed by atoms with Crippen molar-refractivity contribution in [1.29, 1.82) is 0 Å². The minimum absolute atomic E-state index is 0.111. The smallest absolute Gasteiger partial charge is 0.345 e. The van der Waals surface area contributed by atoms with E-state index in [4.69, 9.17) is 10.5 Å². The summed E-state index contributed by atoms with van der Waals surface area (Å²) in [6, 6.07) is 15.1. The van der Waals surface area contributed by atoms with E-state index in [0.29, 0.717) is 17.3 Å². The number of thiophene rings is 1. The van der Waals surface area contributed by atoms with Crippen LogP contribution in [0.2, 0.25) is 0 Å². The van der Waals surface area contributed by atoms with Crippen LogP contribution >= 0.6 is 23.1 Å². The van der Waals surface area contributed by atoms with E-state index in [1.54, 1.807) is 24.4 Å². The van der Waals surface area contributed by atoms with Crippen LogP contribution in [0.4, 0.5) is 14.6 Å². The van der Waals surface area contributed by atoms with Crippen LogP contribution < -0.4 is 21.1 Å². The fourth-order valence-corrected chi connectivity index (χ4v) is 6.95. The third-order valence-electron chi connectivity index (χ3n) is 7.04. The number of benzene rings is 2. The molecule has 3 amide bonds. The Hall–Kier alpha value is -4.27. The normalized spacial score (nSPS) is 17.3. The van der Waals surface area contributed by atoms with Gasteiger partial charge in [0, 0.05) is 39.7 Å². The number of nitrogens with two attached hydrogens (primary N) is 1. The number of halogens is 2. The lowest BCUT2D eigenvalue weighted by Gasteiger charge is -2.24. The molecule has 0 aliphatic carbocycles. The van der Waals surface area contributed by atoms with Gasteiger partial charge in [-0.3, -0.25) is 14.4 Å². The highest BCUT2D eigenvalue weighted by Gasteiger charge is 2.41. The summed E-state index contributed by atoms with van der Waals surface area (Å²) in [6.07, 6.45) is 0.446. The van der Waals surface area contributed by atoms with Gasteiger partial charge in [-0.1, -0.05) is 23.9 Å². The number of hydrogen-bond acceptors (Lipinski definition) is 9. The van der Waals surface area contributed by atoms with Crippen LogP contribution in [0, 0.1) is 0 Å². The molecule has 4 aromatic rings. The van der Waals surface area contributed by atoms with E-state index < -0.39 is 43.0 Å². The maximum atomic E-state index is 13.2. The van der Waals surface area contributed by atoms with Gasteiger partial charge >= 0.3 is 6.61 Å². The number of hydrogen-bond donors (Lipinski definition) is 3. The van der Waals surface area contributed by atoms with Crippen LogP contribution in [0.25, 0.3) is 10.1 Å². The van der Waals surface area contributed by atoms with Gasteiger partial charge < -0.3 is 30.7 Å². The van der Waals surface area contributed by atoms with Crippen molar-refractivity contribution in [2.24, 2.45) is 0 Å². The van der Waals surface area contributed by atoms with Crippen LogP contribution in [-0.4, -0.2) is 59.5 Å². The Morgan fingerprint density at radius 1 is 1.09 bits per heavy atom. The predicted octanol–water partition coefficient (Wildman–Crippen LogP) is 4.39. The Labute approximate surface area is 252 Å². The van der Waals surface area contributed by atoms with Crippen molar-refractivity contribution in [3.63, 3.8) is 0 Å². The molecular weight excluding hydrogens is 600 g/mol. The van der Waals surface area contributed by atoms with E-state index in [2.05, 4.69) is 20.4 Å². The van der Waals surface area contributed by atoms with Gasteiger partial charge in [-0.15, -0.1) is 11.3 Å². The summed E-state index contributed by atoms with van der Waals surface area (Å²) in [4.78, 5) is 47.1. The lowest BCUT2D eigenvalue weighted by atomic mass is 10.1. The van der Waals surface area contributed by atoms with Gasteiger partial charge in [0.2, 0.25) is 11.8 Å². The number of carbonyl (C=O) groups is 3. The van der Waals surface area contributed by atoms with Crippen LogP contribution in [0.1, 0.15) is 21.7 Å². The summed E-state index contributed by atoms with van der Waals surface area (Å²) in [7, 11) is 0. The van der Waals surface area contributed by atoms with E-state index in [-0.39, 0.29) is 25.1 Å². The minimum atomic E-state index is -3.06. The van der Waals surface area contributed by atoms with Crippen molar-refractivity contribution in [1.82, 2.24) is 20.5 Å². The number of pyridine rings is 1. The van der Waals surface area contributed by atoms with Crippen molar-refractivity contribution >= 4 is 56.7 Å². The Morgan fingerprint density at radius 3 is 2.72 bits per heavy atom. The number of amides is 3. The highest BCUT2D eigenvalue weighted by Crippen LogP contribution is 2.46. The number of ether oxygens (including phenoxy) is 2. The minimum Gasteiger partial charge on any atom is -0.455 e. The number of rotatable bonds is 8. The molecule has 14 heteroatoms. The van der Waals surface area contributed by atoms with Crippen LogP contribution in [0.3, 0.4) is 0 Å². The zero-order valence-corrected chi connectivity index (χ0v) is 24.1. The van der Waals surface area contributed by atoms with Gasteiger partial charge in [0.15, 0.2) is 0 Å². The van der Waals surface area contributed by atoms with Crippen molar-refractivity contribution in [2.45, 2.75) is 41.5 Å². The predicted molar refractivity (Wildman–Crippen MR) is 156 cm³/mol. The van der Waals surface area contributed by atoms with E-state index in [0.717, 1.165) is 24.8 Å². The third kappa shape index (κ3) is 6.26. The molecule has 4 heterocycles. The molecule has 10 nitrogen and oxygen atoms in total. The lowest BCUT2D eigenvalue weighted by molar-refractivity contribution is -0.160. The van der Waals surface area contributed by atoms with Crippen LogP contribution in [-0.2, 0) is 20.9 Å². The zero-order chi connectivity index (χ0) is 30.1. The van der Waals surface area contributed by atoms with Crippen molar-refractivity contribution in [3.8, 4) is 11.5 Å². The molecule has 1 unspecified atom stereocenters. The van der Waals surface area contributed by atoms with E-state index in [9.17, 15) is 23.2 Å². The summed E-state index contributed by atoms with van der Waals surface area (Å²) < 4.78 is 37.4. The van der Waals surface area contributed by atoms with Crippen molar-refractivity contribution in [2.75, 3.05) is 18.8 Å². The fourth-order valence-electron chi connectivity index (χ4n) is 5.01. The first-order chi connectivity index (χ1) is 20.7. The molecule has 2 aliphatic heterocycles. The van der Waals surface area contributed by atoms with Gasteiger partial charge in [-0.2, -0.15) is 8.78 Å². The maximum Gasteiger partial charge on any atom is 0.345 e. The number of aromatic nitrogens is 1. The molecule has 0 spiro atoms. The lowest BCUT2D eigenvalue weighted by Crippen LogP contribution is -2.48. The summed E-state index contributed by atoms with van der Waals surface area (Å²) in [6.45, 7) is -3.57. The number of alkyl halides is 2. The number of anilines is 1. The second-order valence-electron chi connectivity index (χ2n) is 9.85. The average Bonchev–Trinajstić information content (AvgIpc) is 3.62. The maximum absolute atomic E-state index is 13.2. The Bertz CT molecular complexity index is 1720. The zero-order valence-electron chi connectivity index (χ0n) is 22.4. The molecule has 2 aromatic heterocycles. The average molecular weight is 626 g/mol. The highest BCUT2D eigenvalue weighted by molar-refractivity contribution is 7.99. The van der Waals surface area contributed by atoms with E-state index in [1.165, 1.54) is 28.0 Å². The number of nitrogen functional groups attached to an aromatic ring is 1. The number of nitrogens with one attached hydrogen (secondary N) is 2. The SMILES string of the molecule is Nc1nccc2sc(CNC(=O)C3C[C@@H](OC(F)F)CN3C(=O)CNC(=O)c3ccc4c(c3)Oc3ccccc3S4)cc12. The summed E-state index contributed by atoms with van der Waals surface area (Å²) in [5.41, 5.74) is 6.20. The second kappa shape index (κ2) is 12.1. The monoisotopic (exact) mass is 625 g/mol. The van der Waals surface area contributed by atoms with Gasteiger partial charge in [0.1, 0.15) is 23.4 Å². The number of para-hydroxylation sites is 1. The molecule has 4 N–H and O–H groups in total. The molecule has 2 aromatic carbocycles.